The predicted octanol–water partition coefficient (Wildman–Crippen LogP) is 9.14. The lowest BCUT2D eigenvalue weighted by Crippen LogP contribution is -2.60. The van der Waals surface area contributed by atoms with E-state index in [0.29, 0.717) is 0 Å². The van der Waals surface area contributed by atoms with Crippen molar-refractivity contribution in [3.8, 4) is 0 Å². The minimum atomic E-state index is 0.141. The molecule has 1 nitrogen and oxygen atoms in total. The summed E-state index contributed by atoms with van der Waals surface area (Å²) in [5, 5.41) is 0. The number of carbonyl (C=O) groups excluding carboxylic acids is 1. The van der Waals surface area contributed by atoms with Crippen molar-refractivity contribution in [1.82, 2.24) is 0 Å². The van der Waals surface area contributed by atoms with Crippen LogP contribution in [0.4, 0.5) is 0 Å². The fourth-order valence-electron chi connectivity index (χ4n) is 9.82. The van der Waals surface area contributed by atoms with E-state index in [1.54, 1.807) is 0 Å². The molecule has 5 aliphatic carbocycles. The Labute approximate surface area is 199 Å². The number of carbonyl (C=O) groups is 1. The zero-order chi connectivity index (χ0) is 22.2. The van der Waals surface area contributed by atoms with Crippen LogP contribution in [0, 0.1) is 46.3 Å². The topological polar surface area (TPSA) is 17.1 Å². The van der Waals surface area contributed by atoms with E-state index in [4.69, 9.17) is 0 Å². The lowest BCUT2D eigenvalue weighted by Gasteiger charge is -2.60. The number of rotatable bonds is 5. The highest BCUT2D eigenvalue weighted by molar-refractivity contribution is 5.96. The standard InChI is InChI=1S/C31H52O/c1-3-5-24-8-12-26(13-9-24)28-16-20-31(21-17-28)22-30(29(31)32)18-14-27(15-19-30)25-10-6-23(4-2)7-11-25/h23-28H,3-22H2,1-2H3/t23-,24-,25-,26-,27?,28?,30?,31?. The molecule has 0 aromatic heterocycles. The zero-order valence-corrected chi connectivity index (χ0v) is 21.5. The molecule has 0 aromatic rings. The molecule has 0 heterocycles. The molecule has 1 heteroatoms. The monoisotopic (exact) mass is 440 g/mol. The Morgan fingerprint density at radius 3 is 1.38 bits per heavy atom. The van der Waals surface area contributed by atoms with Crippen LogP contribution in [-0.2, 0) is 4.79 Å². The summed E-state index contributed by atoms with van der Waals surface area (Å²) in [6.07, 6.45) is 27.8. The summed E-state index contributed by atoms with van der Waals surface area (Å²) >= 11 is 0. The zero-order valence-electron chi connectivity index (χ0n) is 21.5. The molecule has 0 amide bonds. The smallest absolute Gasteiger partial charge is 0.145 e. The van der Waals surface area contributed by atoms with Gasteiger partial charge < -0.3 is 0 Å². The molecule has 0 radical (unpaired) electrons. The molecular formula is C31H52O. The van der Waals surface area contributed by atoms with Crippen LogP contribution in [0.3, 0.4) is 0 Å². The maximum Gasteiger partial charge on any atom is 0.145 e. The first kappa shape index (κ1) is 23.4. The van der Waals surface area contributed by atoms with Crippen molar-refractivity contribution in [3.05, 3.63) is 0 Å². The largest absolute Gasteiger partial charge is 0.298 e. The Morgan fingerprint density at radius 2 is 1.00 bits per heavy atom. The molecule has 5 rings (SSSR count). The second kappa shape index (κ2) is 9.73. The van der Waals surface area contributed by atoms with Gasteiger partial charge in [0, 0.05) is 10.8 Å². The average Bonchev–Trinajstić information content (AvgIpc) is 2.85. The first-order chi connectivity index (χ1) is 15.6. The Kier molecular flexibility index (Phi) is 7.12. The van der Waals surface area contributed by atoms with Crippen LogP contribution in [0.5, 0.6) is 0 Å². The molecule has 32 heavy (non-hydrogen) atoms. The van der Waals surface area contributed by atoms with Gasteiger partial charge in [-0.1, -0.05) is 58.8 Å². The Morgan fingerprint density at radius 1 is 0.594 bits per heavy atom. The van der Waals surface area contributed by atoms with Crippen molar-refractivity contribution in [3.63, 3.8) is 0 Å². The van der Waals surface area contributed by atoms with Crippen LogP contribution in [0.15, 0.2) is 0 Å². The van der Waals surface area contributed by atoms with Crippen molar-refractivity contribution in [2.24, 2.45) is 46.3 Å². The lowest BCUT2D eigenvalue weighted by atomic mass is 9.42. The van der Waals surface area contributed by atoms with Crippen LogP contribution >= 0.6 is 0 Å². The van der Waals surface area contributed by atoms with Gasteiger partial charge >= 0.3 is 0 Å². The molecule has 0 bridgehead atoms. The van der Waals surface area contributed by atoms with Gasteiger partial charge in [-0.3, -0.25) is 4.79 Å². The van der Waals surface area contributed by atoms with Gasteiger partial charge in [-0.25, -0.2) is 0 Å². The maximum atomic E-state index is 13.7. The highest BCUT2D eigenvalue weighted by atomic mass is 16.1. The van der Waals surface area contributed by atoms with Gasteiger partial charge in [-0.05, 0) is 119 Å². The van der Waals surface area contributed by atoms with E-state index in [1.165, 1.54) is 128 Å². The SMILES string of the molecule is CCC[C@H]1CC[C@H](C2CCC3(CC2)CC2(CCC([C@H]4CC[C@H](CC)CC4)CC2)C3=O)CC1. The Balaban J connectivity index is 1.07. The van der Waals surface area contributed by atoms with Crippen molar-refractivity contribution >= 4 is 5.78 Å². The molecular weight excluding hydrogens is 388 g/mol. The first-order valence-corrected chi connectivity index (χ1v) is 15.1. The highest BCUT2D eigenvalue weighted by Gasteiger charge is 2.63. The fraction of sp³-hybridized carbons (Fsp3) is 0.968. The molecule has 5 fully saturated rings. The molecule has 0 atom stereocenters. The van der Waals surface area contributed by atoms with Gasteiger partial charge in [0.2, 0.25) is 0 Å². The van der Waals surface area contributed by atoms with Crippen LogP contribution < -0.4 is 0 Å². The van der Waals surface area contributed by atoms with Crippen molar-refractivity contribution in [1.29, 1.82) is 0 Å². The summed E-state index contributed by atoms with van der Waals surface area (Å²) in [6, 6.07) is 0. The molecule has 0 unspecified atom stereocenters. The second-order valence-corrected chi connectivity index (χ2v) is 13.5. The quantitative estimate of drug-likeness (QED) is 0.416. The van der Waals surface area contributed by atoms with E-state index in [-0.39, 0.29) is 10.8 Å². The third-order valence-electron chi connectivity index (χ3n) is 12.0. The summed E-state index contributed by atoms with van der Waals surface area (Å²) in [7, 11) is 0. The summed E-state index contributed by atoms with van der Waals surface area (Å²) in [5.41, 5.74) is 0.282. The van der Waals surface area contributed by atoms with Gasteiger partial charge in [0.15, 0.2) is 0 Å². The van der Waals surface area contributed by atoms with E-state index < -0.39 is 0 Å². The number of hydrogen-bond donors (Lipinski definition) is 0. The molecule has 5 saturated carbocycles. The molecule has 5 aliphatic rings. The van der Waals surface area contributed by atoms with Gasteiger partial charge in [0.05, 0.1) is 0 Å². The Hall–Kier alpha value is -0.330. The Bertz CT molecular complexity index is 617. The van der Waals surface area contributed by atoms with Crippen LogP contribution in [-0.4, -0.2) is 5.78 Å². The van der Waals surface area contributed by atoms with Gasteiger partial charge in [-0.2, -0.15) is 0 Å². The lowest BCUT2D eigenvalue weighted by molar-refractivity contribution is -0.170. The van der Waals surface area contributed by atoms with E-state index >= 15 is 0 Å². The van der Waals surface area contributed by atoms with Gasteiger partial charge in [0.25, 0.3) is 0 Å². The third kappa shape index (κ3) is 4.37. The second-order valence-electron chi connectivity index (χ2n) is 13.5. The van der Waals surface area contributed by atoms with E-state index in [0.717, 1.165) is 41.3 Å². The van der Waals surface area contributed by atoms with E-state index in [1.807, 2.05) is 0 Å². The number of Topliss-reactive ketones (excluding diaryl/α,β-unsaturated/α-hetero) is 1. The average molecular weight is 441 g/mol. The molecule has 0 N–H and O–H groups in total. The summed E-state index contributed by atoms with van der Waals surface area (Å²) in [6.45, 7) is 4.72. The molecule has 182 valence electrons. The summed E-state index contributed by atoms with van der Waals surface area (Å²) < 4.78 is 0. The molecule has 0 saturated heterocycles. The van der Waals surface area contributed by atoms with E-state index in [2.05, 4.69) is 13.8 Å². The van der Waals surface area contributed by atoms with E-state index in [9.17, 15) is 4.79 Å². The maximum absolute atomic E-state index is 13.7. The third-order valence-corrected chi connectivity index (χ3v) is 12.0. The van der Waals surface area contributed by atoms with Crippen molar-refractivity contribution in [2.75, 3.05) is 0 Å². The molecule has 0 aromatic carbocycles. The minimum absolute atomic E-state index is 0.141. The highest BCUT2D eigenvalue weighted by Crippen LogP contribution is 2.65. The minimum Gasteiger partial charge on any atom is -0.298 e. The normalized spacial score (nSPS) is 47.5. The van der Waals surface area contributed by atoms with Crippen molar-refractivity contribution < 1.29 is 4.79 Å². The summed E-state index contributed by atoms with van der Waals surface area (Å²) in [4.78, 5) is 13.7. The van der Waals surface area contributed by atoms with Crippen LogP contribution in [0.2, 0.25) is 0 Å². The number of hydrogen-bond acceptors (Lipinski definition) is 1. The fourth-order valence-corrected chi connectivity index (χ4v) is 9.82. The van der Waals surface area contributed by atoms with Crippen LogP contribution in [0.1, 0.15) is 142 Å². The van der Waals surface area contributed by atoms with Gasteiger partial charge in [0.1, 0.15) is 5.78 Å². The van der Waals surface area contributed by atoms with Crippen molar-refractivity contribution in [2.45, 2.75) is 142 Å². The molecule has 0 aliphatic heterocycles. The molecule has 2 spiro atoms. The van der Waals surface area contributed by atoms with Gasteiger partial charge in [-0.15, -0.1) is 0 Å². The summed E-state index contributed by atoms with van der Waals surface area (Å²) in [5.74, 6) is 6.66. The predicted molar refractivity (Wildman–Crippen MR) is 135 cm³/mol. The number of ketones is 1. The first-order valence-electron chi connectivity index (χ1n) is 15.1. The van der Waals surface area contributed by atoms with Crippen LogP contribution in [0.25, 0.3) is 0 Å².